The second-order valence-corrected chi connectivity index (χ2v) is 6.61. The van der Waals surface area contributed by atoms with Gasteiger partial charge in [-0.1, -0.05) is 64.0 Å². The van der Waals surface area contributed by atoms with Crippen molar-refractivity contribution in [3.63, 3.8) is 0 Å². The van der Waals surface area contributed by atoms with Gasteiger partial charge in [0.05, 0.1) is 6.10 Å². The highest BCUT2D eigenvalue weighted by Gasteiger charge is 2.00. The number of carboxylic acid groups (broad SMARTS) is 1. The summed E-state index contributed by atoms with van der Waals surface area (Å²) in [6, 6.07) is 0. The van der Waals surface area contributed by atoms with Gasteiger partial charge in [-0.05, 0) is 44.9 Å². The Morgan fingerprint density at radius 3 is 1.91 bits per heavy atom. The van der Waals surface area contributed by atoms with Crippen LogP contribution in [0.5, 0.6) is 0 Å². The minimum Gasteiger partial charge on any atom is -0.481 e. The Morgan fingerprint density at radius 1 is 0.826 bits per heavy atom. The zero-order chi connectivity index (χ0) is 17.2. The Hall–Kier alpha value is -0.830. The first-order chi connectivity index (χ1) is 11.2. The zero-order valence-electron chi connectivity index (χ0n) is 15.1. The Morgan fingerprint density at radius 2 is 1.35 bits per heavy atom. The van der Waals surface area contributed by atoms with Gasteiger partial charge in [0, 0.05) is 6.42 Å². The maximum atomic E-state index is 10.4. The number of carbonyl (C=O) groups is 1. The largest absolute Gasteiger partial charge is 0.481 e. The van der Waals surface area contributed by atoms with Crippen molar-refractivity contribution in [3.8, 4) is 0 Å². The molecule has 0 aliphatic carbocycles. The van der Waals surface area contributed by atoms with E-state index >= 15 is 0 Å². The van der Waals surface area contributed by atoms with Crippen molar-refractivity contribution in [2.24, 2.45) is 0 Å². The molecule has 1 unspecified atom stereocenters. The van der Waals surface area contributed by atoms with E-state index in [0.717, 1.165) is 44.9 Å². The first-order valence-corrected chi connectivity index (χ1v) is 9.71. The Bertz CT molecular complexity index is 287. The third-order valence-corrected chi connectivity index (χ3v) is 4.21. The van der Waals surface area contributed by atoms with Crippen molar-refractivity contribution in [1.82, 2.24) is 0 Å². The number of carboxylic acids is 1. The molecule has 136 valence electrons. The number of aliphatic carboxylic acids is 1. The molecule has 1 atom stereocenters. The van der Waals surface area contributed by atoms with Gasteiger partial charge in [-0.15, -0.1) is 0 Å². The molecule has 3 heteroatoms. The first-order valence-electron chi connectivity index (χ1n) is 9.71. The normalized spacial score (nSPS) is 12.8. The molecule has 0 heterocycles. The monoisotopic (exact) mass is 326 g/mol. The lowest BCUT2D eigenvalue weighted by atomic mass is 10.1. The van der Waals surface area contributed by atoms with Crippen molar-refractivity contribution in [2.75, 3.05) is 0 Å². The van der Waals surface area contributed by atoms with Gasteiger partial charge in [0.1, 0.15) is 0 Å². The van der Waals surface area contributed by atoms with Crippen LogP contribution in [0.25, 0.3) is 0 Å². The third-order valence-electron chi connectivity index (χ3n) is 4.21. The maximum absolute atomic E-state index is 10.4. The molecule has 0 fully saturated rings. The maximum Gasteiger partial charge on any atom is 0.303 e. The van der Waals surface area contributed by atoms with Crippen LogP contribution in [0.1, 0.15) is 103 Å². The average Bonchev–Trinajstić information content (AvgIpc) is 2.51. The molecule has 0 saturated heterocycles. The second kappa shape index (κ2) is 17.5. The second-order valence-electron chi connectivity index (χ2n) is 6.61. The molecule has 0 aromatic heterocycles. The highest BCUT2D eigenvalue weighted by Crippen LogP contribution is 2.11. The summed E-state index contributed by atoms with van der Waals surface area (Å²) in [6.45, 7) is 2.12. The quantitative estimate of drug-likeness (QED) is 0.260. The number of rotatable bonds is 17. The molecule has 3 nitrogen and oxygen atoms in total. The topological polar surface area (TPSA) is 57.5 Å². The first kappa shape index (κ1) is 22.2. The molecule has 0 aromatic carbocycles. The predicted molar refractivity (Wildman–Crippen MR) is 97.7 cm³/mol. The summed E-state index contributed by atoms with van der Waals surface area (Å²) in [5, 5.41) is 18.2. The van der Waals surface area contributed by atoms with Gasteiger partial charge >= 0.3 is 5.97 Å². The van der Waals surface area contributed by atoms with Crippen LogP contribution in [0.2, 0.25) is 0 Å². The Kier molecular flexibility index (Phi) is 16.9. The number of hydrogen-bond donors (Lipinski definition) is 2. The number of allylic oxidation sites excluding steroid dienone is 2. The van der Waals surface area contributed by atoms with Crippen molar-refractivity contribution >= 4 is 5.97 Å². The molecule has 0 spiro atoms. The fourth-order valence-corrected chi connectivity index (χ4v) is 2.78. The lowest BCUT2D eigenvalue weighted by Crippen LogP contribution is -2.04. The van der Waals surface area contributed by atoms with Crippen molar-refractivity contribution < 1.29 is 15.0 Å². The lowest BCUT2D eigenvalue weighted by molar-refractivity contribution is -0.137. The van der Waals surface area contributed by atoms with Gasteiger partial charge < -0.3 is 10.2 Å². The number of aliphatic hydroxyl groups excluding tert-OH is 1. The number of unbranched alkanes of at least 4 members (excludes halogenated alkanes) is 9. The molecule has 0 radical (unpaired) electrons. The molecule has 0 saturated carbocycles. The molecule has 2 N–H and O–H groups in total. The molecule has 0 aliphatic rings. The summed E-state index contributed by atoms with van der Waals surface area (Å²) in [5.74, 6) is -0.672. The highest BCUT2D eigenvalue weighted by molar-refractivity contribution is 5.66. The number of hydrogen-bond acceptors (Lipinski definition) is 2. The molecule has 0 aromatic rings. The van der Waals surface area contributed by atoms with E-state index in [1.54, 1.807) is 0 Å². The highest BCUT2D eigenvalue weighted by atomic mass is 16.4. The minimum atomic E-state index is -0.672. The summed E-state index contributed by atoms with van der Waals surface area (Å²) in [4.78, 5) is 10.4. The fourth-order valence-electron chi connectivity index (χ4n) is 2.78. The summed E-state index contributed by atoms with van der Waals surface area (Å²) < 4.78 is 0. The average molecular weight is 327 g/mol. The summed E-state index contributed by atoms with van der Waals surface area (Å²) in [6.07, 6.45) is 20.5. The van der Waals surface area contributed by atoms with E-state index in [1.165, 1.54) is 44.9 Å². The Balaban J connectivity index is 3.15. The van der Waals surface area contributed by atoms with Crippen LogP contribution in [-0.2, 0) is 4.79 Å². The molecule has 0 aliphatic heterocycles. The van der Waals surface area contributed by atoms with Crippen LogP contribution < -0.4 is 0 Å². The molecule has 23 heavy (non-hydrogen) atoms. The summed E-state index contributed by atoms with van der Waals surface area (Å²) in [7, 11) is 0. The summed E-state index contributed by atoms with van der Waals surface area (Å²) >= 11 is 0. The van der Waals surface area contributed by atoms with Gasteiger partial charge in [-0.3, -0.25) is 4.79 Å². The van der Waals surface area contributed by atoms with E-state index in [0.29, 0.717) is 6.42 Å². The standard InChI is InChI=1S/C20H38O3/c1-2-16-19(21)17-14-12-10-8-6-4-3-5-7-9-11-13-15-18-20(22)23/h6,8,19,21H,2-5,7,9-18H2,1H3,(H,22,23)/b8-6-. The fraction of sp³-hybridized carbons (Fsp3) is 0.850. The molecule has 0 rings (SSSR count). The smallest absolute Gasteiger partial charge is 0.303 e. The van der Waals surface area contributed by atoms with Crippen molar-refractivity contribution in [2.45, 2.75) is 109 Å². The third kappa shape index (κ3) is 19.1. The Labute approximate surface area is 143 Å². The number of aliphatic hydroxyl groups is 1. The van der Waals surface area contributed by atoms with Crippen LogP contribution in [0.4, 0.5) is 0 Å². The van der Waals surface area contributed by atoms with Crippen molar-refractivity contribution in [1.29, 1.82) is 0 Å². The van der Waals surface area contributed by atoms with Crippen LogP contribution in [0.3, 0.4) is 0 Å². The van der Waals surface area contributed by atoms with Gasteiger partial charge in [-0.2, -0.15) is 0 Å². The predicted octanol–water partition coefficient (Wildman–Crippen LogP) is 5.86. The van der Waals surface area contributed by atoms with E-state index < -0.39 is 5.97 Å². The SMILES string of the molecule is CCCC(O)CCCC/C=C\CCCCCCCCCC(=O)O. The van der Waals surface area contributed by atoms with Gasteiger partial charge in [-0.25, -0.2) is 0 Å². The van der Waals surface area contributed by atoms with Gasteiger partial charge in [0.2, 0.25) is 0 Å². The van der Waals surface area contributed by atoms with E-state index in [4.69, 9.17) is 5.11 Å². The lowest BCUT2D eigenvalue weighted by Gasteiger charge is -2.07. The van der Waals surface area contributed by atoms with Crippen LogP contribution in [-0.4, -0.2) is 22.3 Å². The van der Waals surface area contributed by atoms with Crippen molar-refractivity contribution in [3.05, 3.63) is 12.2 Å². The zero-order valence-corrected chi connectivity index (χ0v) is 15.1. The van der Waals surface area contributed by atoms with Crippen LogP contribution in [0, 0.1) is 0 Å². The molecular weight excluding hydrogens is 288 g/mol. The van der Waals surface area contributed by atoms with E-state index in [2.05, 4.69) is 19.1 Å². The summed E-state index contributed by atoms with van der Waals surface area (Å²) in [5.41, 5.74) is 0. The van der Waals surface area contributed by atoms with Crippen LogP contribution >= 0.6 is 0 Å². The van der Waals surface area contributed by atoms with E-state index in [1.807, 2.05) is 0 Å². The molecule has 0 bridgehead atoms. The van der Waals surface area contributed by atoms with Gasteiger partial charge in [0.15, 0.2) is 0 Å². The van der Waals surface area contributed by atoms with Crippen LogP contribution in [0.15, 0.2) is 12.2 Å². The van der Waals surface area contributed by atoms with Gasteiger partial charge in [0.25, 0.3) is 0 Å². The van der Waals surface area contributed by atoms with E-state index in [-0.39, 0.29) is 6.10 Å². The molecule has 0 amide bonds. The van der Waals surface area contributed by atoms with E-state index in [9.17, 15) is 9.90 Å². The minimum absolute atomic E-state index is 0.0897. The molecular formula is C20H38O3.